The van der Waals surface area contributed by atoms with Crippen LogP contribution in [0, 0.1) is 5.41 Å². The van der Waals surface area contributed by atoms with Crippen molar-refractivity contribution in [3.63, 3.8) is 0 Å². The van der Waals surface area contributed by atoms with E-state index in [9.17, 15) is 34.8 Å². The van der Waals surface area contributed by atoms with Crippen molar-refractivity contribution < 1.29 is 39.5 Å². The Morgan fingerprint density at radius 2 is 1.30 bits per heavy atom. The molecule has 2 unspecified atom stereocenters. The molecule has 0 bridgehead atoms. The van der Waals surface area contributed by atoms with Gasteiger partial charge in [-0.15, -0.1) is 0 Å². The first-order valence-corrected chi connectivity index (χ1v) is 23.2. The number of hydrogen-bond donors (Lipinski definition) is 1. The van der Waals surface area contributed by atoms with Crippen molar-refractivity contribution in [3.8, 4) is 0 Å². The topological polar surface area (TPSA) is 113 Å². The molecule has 0 aliphatic rings. The smallest absolute Gasteiger partial charge is 0.463 e. The van der Waals surface area contributed by atoms with Crippen LogP contribution in [0.5, 0.6) is 0 Å². The summed E-state index contributed by atoms with van der Waals surface area (Å²) < 4.78 is 93.5. The maximum atomic E-state index is 13.3. The second-order valence-corrected chi connectivity index (χ2v) is 20.0. The number of halogens is 3. The van der Waals surface area contributed by atoms with Crippen molar-refractivity contribution in [2.24, 2.45) is 5.41 Å². The van der Waals surface area contributed by atoms with Gasteiger partial charge in [0.2, 0.25) is 0 Å². The number of anilines is 4. The molecular weight excluding hydrogens is 812 g/mol. The molecule has 9 nitrogen and oxygen atoms in total. The molecule has 0 aliphatic carbocycles. The molecule has 14 heteroatoms. The van der Waals surface area contributed by atoms with Crippen LogP contribution in [0.15, 0.2) is 114 Å². The van der Waals surface area contributed by atoms with Crippen molar-refractivity contribution in [2.75, 3.05) is 47.9 Å². The highest BCUT2D eigenvalue weighted by molar-refractivity contribution is 8.09. The standard InChI is InChI=1S/C46H54F3N3O6S2/c1-8-45(6,7)44(53)58-30-29-50-42-28-27-41(39-17-12-13-18-40(39)42)43(33-19-23-35(24-20-33)51(9-2)10-3)34-21-25-36(26-22-34)52(11-4)37-15-14-16-38(31-37)59(54,55)32(5)60(56,57)46(47,48)49/h12-28,31-32,43,50H,8-11,29-30H2,1-7H3. The SMILES string of the molecule is CCN(CC)c1ccc(C(c2ccc(N(CC)c3cccc(S(=O)(=O)C(C)S(=O)(=O)C(F)(F)F)c3)cc2)c2ccc(NCCOC(=O)C(C)(C)CC)c3ccccc23)cc1. The number of hydrogen-bond acceptors (Lipinski definition) is 9. The van der Waals surface area contributed by atoms with Crippen molar-refractivity contribution in [1.29, 1.82) is 0 Å². The quantitative estimate of drug-likeness (QED) is 0.0522. The van der Waals surface area contributed by atoms with E-state index in [0.29, 0.717) is 37.8 Å². The van der Waals surface area contributed by atoms with E-state index in [4.69, 9.17) is 4.74 Å². The first-order valence-electron chi connectivity index (χ1n) is 20.1. The highest BCUT2D eigenvalue weighted by atomic mass is 32.3. The zero-order valence-corrected chi connectivity index (χ0v) is 36.7. The lowest BCUT2D eigenvalue weighted by molar-refractivity contribution is -0.153. The number of fused-ring (bicyclic) bond motifs is 1. The molecule has 2 atom stereocenters. The van der Waals surface area contributed by atoms with Crippen molar-refractivity contribution >= 4 is 59.2 Å². The minimum absolute atomic E-state index is 0.221. The summed E-state index contributed by atoms with van der Waals surface area (Å²) in [5.41, 5.74) is -0.120. The average molecular weight is 866 g/mol. The molecule has 0 spiro atoms. The van der Waals surface area contributed by atoms with Crippen LogP contribution in [0.3, 0.4) is 0 Å². The molecule has 0 saturated heterocycles. The number of ether oxygens (including phenoxy) is 1. The summed E-state index contributed by atoms with van der Waals surface area (Å²) in [6, 6.07) is 34.0. The Morgan fingerprint density at radius 1 is 0.717 bits per heavy atom. The average Bonchev–Trinajstić information content (AvgIpc) is 3.24. The third-order valence-electron chi connectivity index (χ3n) is 11.2. The zero-order valence-electron chi connectivity index (χ0n) is 35.1. The Hall–Kier alpha value is -5.08. The normalized spacial score (nSPS) is 13.4. The van der Waals surface area contributed by atoms with Gasteiger partial charge in [-0.25, -0.2) is 16.8 Å². The molecule has 0 saturated carbocycles. The predicted octanol–water partition coefficient (Wildman–Crippen LogP) is 10.5. The zero-order chi connectivity index (χ0) is 44.0. The lowest BCUT2D eigenvalue weighted by Gasteiger charge is -2.27. The van der Waals surface area contributed by atoms with Crippen LogP contribution in [0.1, 0.15) is 77.5 Å². The van der Waals surface area contributed by atoms with E-state index >= 15 is 0 Å². The molecule has 60 heavy (non-hydrogen) atoms. The summed E-state index contributed by atoms with van der Waals surface area (Å²) >= 11 is 0. The summed E-state index contributed by atoms with van der Waals surface area (Å²) in [4.78, 5) is 16.1. The summed E-state index contributed by atoms with van der Waals surface area (Å²) in [7, 11) is -10.9. The number of carbonyl (C=O) groups excluding carboxylic acids is 1. The van der Waals surface area contributed by atoms with Crippen LogP contribution in [-0.2, 0) is 29.2 Å². The summed E-state index contributed by atoms with van der Waals surface area (Å²) in [5, 5.41) is 5.49. The number of sulfone groups is 2. The molecule has 322 valence electrons. The molecular formula is C46H54F3N3O6S2. The molecule has 0 heterocycles. The molecule has 0 amide bonds. The van der Waals surface area contributed by atoms with Crippen molar-refractivity contribution in [1.82, 2.24) is 0 Å². The summed E-state index contributed by atoms with van der Waals surface area (Å²) in [6.45, 7) is 15.1. The van der Waals surface area contributed by atoms with Crippen LogP contribution >= 0.6 is 0 Å². The minimum Gasteiger partial charge on any atom is -0.463 e. The number of carbonyl (C=O) groups is 1. The van der Waals surface area contributed by atoms with Crippen LogP contribution in [0.2, 0.25) is 0 Å². The van der Waals surface area contributed by atoms with Gasteiger partial charge in [0, 0.05) is 60.2 Å². The van der Waals surface area contributed by atoms with Crippen molar-refractivity contribution in [2.45, 2.75) is 75.8 Å². The first kappa shape index (κ1) is 46.0. The van der Waals surface area contributed by atoms with E-state index in [2.05, 4.69) is 66.5 Å². The van der Waals surface area contributed by atoms with Crippen molar-refractivity contribution in [3.05, 3.63) is 126 Å². The molecule has 0 aliphatic heterocycles. The number of nitrogens with zero attached hydrogens (tertiary/aromatic N) is 2. The van der Waals surface area contributed by atoms with Gasteiger partial charge in [0.25, 0.3) is 9.84 Å². The molecule has 0 fully saturated rings. The second-order valence-electron chi connectivity index (χ2n) is 15.2. The van der Waals surface area contributed by atoms with Gasteiger partial charge in [0.05, 0.1) is 10.3 Å². The van der Waals surface area contributed by atoms with Gasteiger partial charge in [0.1, 0.15) is 6.61 Å². The number of rotatable bonds is 18. The molecule has 5 rings (SSSR count). The lowest BCUT2D eigenvalue weighted by Crippen LogP contribution is -2.37. The van der Waals surface area contributed by atoms with Crippen LogP contribution in [0.25, 0.3) is 10.8 Å². The molecule has 0 aromatic heterocycles. The Kier molecular flexibility index (Phi) is 14.3. The van der Waals surface area contributed by atoms with E-state index in [1.54, 1.807) is 11.0 Å². The molecule has 1 N–H and O–H groups in total. The Balaban J connectivity index is 1.52. The number of benzene rings is 5. The molecule has 0 radical (unpaired) electrons. The summed E-state index contributed by atoms with van der Waals surface area (Å²) in [5.74, 6) is -0.454. The van der Waals surface area contributed by atoms with E-state index in [1.807, 2.05) is 70.2 Å². The Labute approximate surface area is 352 Å². The maximum Gasteiger partial charge on any atom is 0.498 e. The number of nitrogens with one attached hydrogen (secondary N) is 1. The van der Waals surface area contributed by atoms with E-state index in [0.717, 1.165) is 58.0 Å². The third kappa shape index (κ3) is 9.60. The number of esters is 1. The van der Waals surface area contributed by atoms with Crippen LogP contribution < -0.4 is 15.1 Å². The fraction of sp³-hybridized carbons (Fsp3) is 0.370. The van der Waals surface area contributed by atoms with Crippen LogP contribution in [0.4, 0.5) is 35.9 Å². The van der Waals surface area contributed by atoms with Crippen LogP contribution in [-0.4, -0.2) is 65.7 Å². The Morgan fingerprint density at radius 3 is 1.85 bits per heavy atom. The first-order chi connectivity index (χ1) is 28.3. The van der Waals surface area contributed by atoms with Gasteiger partial charge in [-0.2, -0.15) is 13.2 Å². The highest BCUT2D eigenvalue weighted by Crippen LogP contribution is 2.40. The van der Waals surface area contributed by atoms with E-state index in [-0.39, 0.29) is 18.5 Å². The molecule has 5 aromatic rings. The van der Waals surface area contributed by atoms with Gasteiger partial charge >= 0.3 is 11.5 Å². The lowest BCUT2D eigenvalue weighted by atomic mass is 9.82. The van der Waals surface area contributed by atoms with E-state index in [1.165, 1.54) is 12.1 Å². The molecule has 5 aromatic carbocycles. The largest absolute Gasteiger partial charge is 0.498 e. The maximum absolute atomic E-state index is 13.3. The monoisotopic (exact) mass is 865 g/mol. The van der Waals surface area contributed by atoms with E-state index < -0.39 is 40.1 Å². The fourth-order valence-corrected chi connectivity index (χ4v) is 10.5. The Bertz CT molecular complexity index is 2490. The van der Waals surface area contributed by atoms with Gasteiger partial charge in [-0.1, -0.05) is 67.6 Å². The van der Waals surface area contributed by atoms with Gasteiger partial charge in [-0.05, 0) is 119 Å². The predicted molar refractivity (Wildman–Crippen MR) is 236 cm³/mol. The summed E-state index contributed by atoms with van der Waals surface area (Å²) in [6.07, 6.45) is 0.677. The fourth-order valence-electron chi connectivity index (χ4n) is 7.15. The van der Waals surface area contributed by atoms with Gasteiger partial charge in [0.15, 0.2) is 14.4 Å². The van der Waals surface area contributed by atoms with Gasteiger partial charge in [-0.3, -0.25) is 4.79 Å². The minimum atomic E-state index is -6.00. The number of alkyl halides is 3. The second kappa shape index (κ2) is 18.7. The van der Waals surface area contributed by atoms with Gasteiger partial charge < -0.3 is 19.9 Å². The third-order valence-corrected chi connectivity index (χ3v) is 16.0. The highest BCUT2D eigenvalue weighted by Gasteiger charge is 2.53.